The fourth-order valence-corrected chi connectivity index (χ4v) is 4.27. The molecule has 0 bridgehead atoms. The van der Waals surface area contributed by atoms with Gasteiger partial charge in [-0.05, 0) is 76.8 Å². The standard InChI is InChI=1S/C30H35FO4/c1-7-21(16-29(32)33)22-10-8-19(2)28(15-22)35-18-20-9-12-24(26(14-20)30(3,4)5)25-17-23(34-6)11-13-27(25)31/h8-15,17,21H,7,16,18H2,1-6H3,(H,32,33)/t21-/m0/s1. The highest BCUT2D eigenvalue weighted by molar-refractivity contribution is 5.71. The molecule has 0 spiro atoms. The minimum Gasteiger partial charge on any atom is -0.497 e. The van der Waals surface area contributed by atoms with Crippen LogP contribution in [0.5, 0.6) is 11.5 Å². The first kappa shape index (κ1) is 26.3. The molecule has 3 aromatic carbocycles. The van der Waals surface area contributed by atoms with Gasteiger partial charge in [-0.25, -0.2) is 4.39 Å². The zero-order chi connectivity index (χ0) is 25.8. The molecule has 35 heavy (non-hydrogen) atoms. The van der Waals surface area contributed by atoms with E-state index in [1.54, 1.807) is 19.2 Å². The van der Waals surface area contributed by atoms with Gasteiger partial charge in [0.05, 0.1) is 13.5 Å². The van der Waals surface area contributed by atoms with Crippen LogP contribution >= 0.6 is 0 Å². The molecule has 5 heteroatoms. The van der Waals surface area contributed by atoms with Crippen LogP contribution in [0.4, 0.5) is 4.39 Å². The first-order valence-electron chi connectivity index (χ1n) is 12.0. The Bertz CT molecular complexity index is 1190. The van der Waals surface area contributed by atoms with Gasteiger partial charge in [-0.1, -0.05) is 58.0 Å². The summed E-state index contributed by atoms with van der Waals surface area (Å²) in [5.41, 5.74) is 5.07. The summed E-state index contributed by atoms with van der Waals surface area (Å²) >= 11 is 0. The molecule has 0 aliphatic heterocycles. The van der Waals surface area contributed by atoms with Gasteiger partial charge in [-0.15, -0.1) is 0 Å². The van der Waals surface area contributed by atoms with Crippen LogP contribution < -0.4 is 9.47 Å². The summed E-state index contributed by atoms with van der Waals surface area (Å²) in [5.74, 6) is 0.200. The van der Waals surface area contributed by atoms with Crippen molar-refractivity contribution in [3.8, 4) is 22.6 Å². The van der Waals surface area contributed by atoms with Crippen molar-refractivity contribution < 1.29 is 23.8 Å². The average molecular weight is 479 g/mol. The number of aryl methyl sites for hydroxylation is 1. The molecule has 0 unspecified atom stereocenters. The van der Waals surface area contributed by atoms with E-state index in [0.29, 0.717) is 17.9 Å². The molecule has 0 saturated heterocycles. The van der Waals surface area contributed by atoms with Crippen molar-refractivity contribution in [1.29, 1.82) is 0 Å². The van der Waals surface area contributed by atoms with E-state index in [4.69, 9.17) is 9.47 Å². The van der Waals surface area contributed by atoms with E-state index in [1.165, 1.54) is 6.07 Å². The number of ether oxygens (including phenoxy) is 2. The smallest absolute Gasteiger partial charge is 0.303 e. The topological polar surface area (TPSA) is 55.8 Å². The van der Waals surface area contributed by atoms with Crippen LogP contribution in [0.3, 0.4) is 0 Å². The largest absolute Gasteiger partial charge is 0.497 e. The molecule has 0 heterocycles. The number of halogens is 1. The van der Waals surface area contributed by atoms with Crippen molar-refractivity contribution in [3.05, 3.63) is 82.7 Å². The first-order chi connectivity index (χ1) is 16.5. The summed E-state index contributed by atoms with van der Waals surface area (Å²) in [6, 6.07) is 16.7. The molecule has 0 aliphatic carbocycles. The van der Waals surface area contributed by atoms with E-state index in [2.05, 4.69) is 26.8 Å². The van der Waals surface area contributed by atoms with E-state index in [9.17, 15) is 14.3 Å². The van der Waals surface area contributed by atoms with E-state index < -0.39 is 5.97 Å². The zero-order valence-corrected chi connectivity index (χ0v) is 21.4. The summed E-state index contributed by atoms with van der Waals surface area (Å²) in [7, 11) is 1.57. The van der Waals surface area contributed by atoms with Gasteiger partial charge in [0.1, 0.15) is 23.9 Å². The number of carboxylic acids is 1. The first-order valence-corrected chi connectivity index (χ1v) is 12.0. The molecular formula is C30H35FO4. The third-order valence-corrected chi connectivity index (χ3v) is 6.35. The summed E-state index contributed by atoms with van der Waals surface area (Å²) in [6.45, 7) is 10.6. The number of hydrogen-bond acceptors (Lipinski definition) is 3. The van der Waals surface area contributed by atoms with E-state index in [0.717, 1.165) is 40.0 Å². The van der Waals surface area contributed by atoms with Crippen LogP contribution in [0, 0.1) is 12.7 Å². The Hall–Kier alpha value is -3.34. The summed E-state index contributed by atoms with van der Waals surface area (Å²) in [5, 5.41) is 9.23. The third kappa shape index (κ3) is 6.41. The summed E-state index contributed by atoms with van der Waals surface area (Å²) in [4.78, 5) is 11.2. The van der Waals surface area contributed by atoms with Crippen molar-refractivity contribution >= 4 is 5.97 Å². The van der Waals surface area contributed by atoms with E-state index in [-0.39, 0.29) is 23.6 Å². The highest BCUT2D eigenvalue weighted by Crippen LogP contribution is 2.37. The lowest BCUT2D eigenvalue weighted by atomic mass is 9.81. The Morgan fingerprint density at radius 3 is 2.40 bits per heavy atom. The van der Waals surface area contributed by atoms with Crippen LogP contribution in [-0.2, 0) is 16.8 Å². The molecule has 1 atom stereocenters. The van der Waals surface area contributed by atoms with E-state index in [1.807, 2.05) is 44.2 Å². The van der Waals surface area contributed by atoms with Crippen molar-refractivity contribution in [1.82, 2.24) is 0 Å². The van der Waals surface area contributed by atoms with Crippen LogP contribution in [-0.4, -0.2) is 18.2 Å². The molecule has 0 fully saturated rings. The molecule has 1 N–H and O–H groups in total. The minimum absolute atomic E-state index is 0.0556. The quantitative estimate of drug-likeness (QED) is 0.343. The molecule has 3 rings (SSSR count). The number of hydrogen-bond donors (Lipinski definition) is 1. The number of rotatable bonds is 9. The minimum atomic E-state index is -0.804. The van der Waals surface area contributed by atoms with Crippen molar-refractivity contribution in [2.24, 2.45) is 0 Å². The lowest BCUT2D eigenvalue weighted by molar-refractivity contribution is -0.137. The van der Waals surface area contributed by atoms with Gasteiger partial charge >= 0.3 is 5.97 Å². The molecule has 0 radical (unpaired) electrons. The molecule has 4 nitrogen and oxygen atoms in total. The second-order valence-corrected chi connectivity index (χ2v) is 9.99. The maximum atomic E-state index is 14.8. The van der Waals surface area contributed by atoms with E-state index >= 15 is 0 Å². The number of aliphatic carboxylic acids is 1. The van der Waals surface area contributed by atoms with Crippen molar-refractivity contribution in [3.63, 3.8) is 0 Å². The van der Waals surface area contributed by atoms with Crippen LogP contribution in [0.25, 0.3) is 11.1 Å². The molecule has 0 aliphatic rings. The second-order valence-electron chi connectivity index (χ2n) is 9.99. The predicted octanol–water partition coefficient (Wildman–Crippen LogP) is 7.65. The van der Waals surface area contributed by atoms with Crippen LogP contribution in [0.2, 0.25) is 0 Å². The monoisotopic (exact) mass is 478 g/mol. The summed E-state index contributed by atoms with van der Waals surface area (Å²) < 4.78 is 26.3. The Kier molecular flexibility index (Phi) is 8.21. The SMILES string of the molecule is CC[C@@H](CC(=O)O)c1ccc(C)c(OCc2ccc(-c3cc(OC)ccc3F)c(C(C)(C)C)c2)c1. The Labute approximate surface area is 207 Å². The highest BCUT2D eigenvalue weighted by atomic mass is 19.1. The number of carbonyl (C=O) groups is 1. The molecule has 0 aromatic heterocycles. The van der Waals surface area contributed by atoms with Gasteiger partial charge in [0.15, 0.2) is 0 Å². The van der Waals surface area contributed by atoms with Gasteiger partial charge in [-0.2, -0.15) is 0 Å². The Morgan fingerprint density at radius 2 is 1.77 bits per heavy atom. The van der Waals surface area contributed by atoms with Crippen molar-refractivity contribution in [2.45, 2.75) is 65.4 Å². The van der Waals surface area contributed by atoms with Gasteiger partial charge in [0, 0.05) is 5.56 Å². The molecule has 0 saturated carbocycles. The number of methoxy groups -OCH3 is 1. The summed E-state index contributed by atoms with van der Waals surface area (Å²) in [6.07, 6.45) is 0.836. The van der Waals surface area contributed by atoms with Crippen LogP contribution in [0.1, 0.15) is 68.7 Å². The zero-order valence-electron chi connectivity index (χ0n) is 21.4. The van der Waals surface area contributed by atoms with Gasteiger partial charge in [-0.3, -0.25) is 4.79 Å². The van der Waals surface area contributed by atoms with Gasteiger partial charge in [0.2, 0.25) is 0 Å². The number of carboxylic acid groups (broad SMARTS) is 1. The molecular weight excluding hydrogens is 443 g/mol. The van der Waals surface area contributed by atoms with Gasteiger partial charge < -0.3 is 14.6 Å². The lowest BCUT2D eigenvalue weighted by Gasteiger charge is -2.25. The predicted molar refractivity (Wildman–Crippen MR) is 138 cm³/mol. The Balaban J connectivity index is 1.91. The lowest BCUT2D eigenvalue weighted by Crippen LogP contribution is -2.14. The molecule has 186 valence electrons. The maximum absolute atomic E-state index is 14.8. The normalized spacial score (nSPS) is 12.3. The number of benzene rings is 3. The third-order valence-electron chi connectivity index (χ3n) is 6.35. The van der Waals surface area contributed by atoms with Crippen LogP contribution in [0.15, 0.2) is 54.6 Å². The Morgan fingerprint density at radius 1 is 1.03 bits per heavy atom. The van der Waals surface area contributed by atoms with Gasteiger partial charge in [0.25, 0.3) is 0 Å². The fourth-order valence-electron chi connectivity index (χ4n) is 4.27. The average Bonchev–Trinajstić information content (AvgIpc) is 2.81. The highest BCUT2D eigenvalue weighted by Gasteiger charge is 2.22. The molecule has 0 amide bonds. The molecule has 3 aromatic rings. The second kappa shape index (κ2) is 10.9. The maximum Gasteiger partial charge on any atom is 0.303 e. The van der Waals surface area contributed by atoms with Crippen molar-refractivity contribution in [2.75, 3.05) is 7.11 Å². The fraction of sp³-hybridized carbons (Fsp3) is 0.367.